The maximum atomic E-state index is 7.45. The van der Waals surface area contributed by atoms with Crippen molar-refractivity contribution in [2.24, 2.45) is 11.3 Å². The van der Waals surface area contributed by atoms with Crippen molar-refractivity contribution in [2.45, 2.75) is 111 Å². The van der Waals surface area contributed by atoms with Crippen molar-refractivity contribution in [1.29, 1.82) is 0 Å². The molecule has 0 radical (unpaired) electrons. The SMILES string of the molecule is CC(C)(C)Sc1ccccc1-c1cccc(N(c2cccc(-c3ccccc3SC(C)(C)C)c2)C2C(Cl)CC(C(C)(C)C)CC2Cl)c1. The molecule has 250 valence electrons. The summed E-state index contributed by atoms with van der Waals surface area (Å²) in [7, 11) is 0. The van der Waals surface area contributed by atoms with Crippen LogP contribution in [0.25, 0.3) is 22.3 Å². The van der Waals surface area contributed by atoms with Crippen LogP contribution in [0.15, 0.2) is 107 Å². The maximum Gasteiger partial charge on any atom is 0.0669 e. The molecule has 0 aliphatic heterocycles. The number of alkyl halides is 2. The standard InChI is InChI=1S/C42H51Cl2NS2/c1-40(2,3)30-26-35(43)39(36(44)27-30)45(31-18-14-16-28(24-31)33-20-10-12-22-37(33)46-41(4,5)6)32-19-15-17-29(25-32)34-21-11-13-23-38(34)47-42(7,8)9/h10-25,30,35-36,39H,26-27H2,1-9H3. The van der Waals surface area contributed by atoms with Crippen LogP contribution in [0.2, 0.25) is 0 Å². The Bertz CT molecular complexity index is 1550. The fraction of sp³-hybridized carbons (Fsp3) is 0.429. The van der Waals surface area contributed by atoms with E-state index in [4.69, 9.17) is 23.2 Å². The summed E-state index contributed by atoms with van der Waals surface area (Å²) < 4.78 is 0.205. The topological polar surface area (TPSA) is 3.24 Å². The summed E-state index contributed by atoms with van der Waals surface area (Å²) in [6.07, 6.45) is 1.87. The highest BCUT2D eigenvalue weighted by Gasteiger charge is 2.43. The minimum absolute atomic E-state index is 0.0687. The molecule has 0 spiro atoms. The predicted molar refractivity (Wildman–Crippen MR) is 212 cm³/mol. The first-order chi connectivity index (χ1) is 22.0. The minimum Gasteiger partial charge on any atom is -0.335 e. The molecule has 0 amide bonds. The van der Waals surface area contributed by atoms with Crippen LogP contribution in [0.3, 0.4) is 0 Å². The first-order valence-corrected chi connectivity index (χ1v) is 19.3. The molecule has 0 saturated heterocycles. The van der Waals surface area contributed by atoms with Crippen LogP contribution in [0.5, 0.6) is 0 Å². The van der Waals surface area contributed by atoms with Crippen molar-refractivity contribution >= 4 is 58.1 Å². The van der Waals surface area contributed by atoms with Gasteiger partial charge in [0.05, 0.1) is 16.8 Å². The Morgan fingerprint density at radius 3 is 1.34 bits per heavy atom. The van der Waals surface area contributed by atoms with Crippen molar-refractivity contribution < 1.29 is 0 Å². The number of hydrogen-bond donors (Lipinski definition) is 0. The number of halogens is 2. The highest BCUT2D eigenvalue weighted by molar-refractivity contribution is 8.01. The maximum absolute atomic E-state index is 7.45. The molecule has 1 aliphatic carbocycles. The van der Waals surface area contributed by atoms with E-state index in [1.807, 2.05) is 23.5 Å². The molecule has 2 atom stereocenters. The van der Waals surface area contributed by atoms with Gasteiger partial charge in [0.25, 0.3) is 0 Å². The van der Waals surface area contributed by atoms with Gasteiger partial charge in [-0.25, -0.2) is 0 Å². The first kappa shape index (κ1) is 36.2. The zero-order chi connectivity index (χ0) is 34.1. The average Bonchev–Trinajstić information content (AvgIpc) is 2.97. The molecule has 5 rings (SSSR count). The second-order valence-electron chi connectivity index (χ2n) is 15.9. The highest BCUT2D eigenvalue weighted by atomic mass is 35.5. The predicted octanol–water partition coefficient (Wildman–Crippen LogP) is 14.0. The Hall–Kier alpha value is -2.04. The average molecular weight is 705 g/mol. The summed E-state index contributed by atoms with van der Waals surface area (Å²) in [6, 6.07) is 35.4. The fourth-order valence-electron chi connectivity index (χ4n) is 6.56. The molecule has 1 aliphatic rings. The molecule has 47 heavy (non-hydrogen) atoms. The fourth-order valence-corrected chi connectivity index (χ4v) is 9.85. The van der Waals surface area contributed by atoms with E-state index in [0.29, 0.717) is 5.92 Å². The Kier molecular flexibility index (Phi) is 11.1. The van der Waals surface area contributed by atoms with Crippen LogP contribution < -0.4 is 4.90 Å². The Morgan fingerprint density at radius 2 is 0.957 bits per heavy atom. The molecule has 5 heteroatoms. The molecule has 4 aromatic rings. The van der Waals surface area contributed by atoms with Gasteiger partial charge >= 0.3 is 0 Å². The lowest BCUT2D eigenvalue weighted by Crippen LogP contribution is -2.51. The summed E-state index contributed by atoms with van der Waals surface area (Å²) in [5.41, 5.74) is 7.27. The first-order valence-electron chi connectivity index (χ1n) is 16.8. The van der Waals surface area contributed by atoms with Gasteiger partial charge in [-0.1, -0.05) is 123 Å². The van der Waals surface area contributed by atoms with Gasteiger partial charge in [-0.15, -0.1) is 46.7 Å². The van der Waals surface area contributed by atoms with E-state index in [0.717, 1.165) is 24.2 Å². The van der Waals surface area contributed by atoms with Gasteiger partial charge in [0, 0.05) is 30.7 Å². The van der Waals surface area contributed by atoms with E-state index in [2.05, 4.69) is 164 Å². The number of nitrogens with zero attached hydrogens (tertiary/aromatic N) is 1. The number of thioether (sulfide) groups is 2. The molecule has 1 saturated carbocycles. The van der Waals surface area contributed by atoms with E-state index in [1.165, 1.54) is 32.0 Å². The molecule has 0 heterocycles. The van der Waals surface area contributed by atoms with E-state index >= 15 is 0 Å². The van der Waals surface area contributed by atoms with Gasteiger partial charge in [0.2, 0.25) is 0 Å². The van der Waals surface area contributed by atoms with Crippen LogP contribution in [-0.4, -0.2) is 26.3 Å². The summed E-state index contributed by atoms with van der Waals surface area (Å²) in [4.78, 5) is 5.02. The van der Waals surface area contributed by atoms with Crippen LogP contribution >= 0.6 is 46.7 Å². The lowest BCUT2D eigenvalue weighted by atomic mass is 9.70. The van der Waals surface area contributed by atoms with Crippen LogP contribution in [-0.2, 0) is 0 Å². The van der Waals surface area contributed by atoms with Gasteiger partial charge in [-0.3, -0.25) is 0 Å². The second kappa shape index (κ2) is 14.4. The summed E-state index contributed by atoms with van der Waals surface area (Å²) in [5, 5.41) is -0.203. The third-order valence-corrected chi connectivity index (χ3v) is 12.0. The van der Waals surface area contributed by atoms with Crippen molar-refractivity contribution in [3.63, 3.8) is 0 Å². The van der Waals surface area contributed by atoms with E-state index in [1.54, 1.807) is 0 Å². The number of anilines is 2. The van der Waals surface area contributed by atoms with Gasteiger partial charge < -0.3 is 4.90 Å². The zero-order valence-corrected chi connectivity index (χ0v) is 32.6. The molecule has 0 aromatic heterocycles. The van der Waals surface area contributed by atoms with E-state index in [-0.39, 0.29) is 31.7 Å². The molecular weight excluding hydrogens is 654 g/mol. The van der Waals surface area contributed by atoms with Crippen LogP contribution in [0.4, 0.5) is 11.4 Å². The minimum atomic E-state index is -0.102. The summed E-state index contributed by atoms with van der Waals surface area (Å²) >= 11 is 18.7. The van der Waals surface area contributed by atoms with Gasteiger partial charge in [-0.2, -0.15) is 0 Å². The lowest BCUT2D eigenvalue weighted by Gasteiger charge is -2.47. The van der Waals surface area contributed by atoms with E-state index in [9.17, 15) is 0 Å². The molecular formula is C42H51Cl2NS2. The Balaban J connectivity index is 1.64. The van der Waals surface area contributed by atoms with Gasteiger partial charge in [0.15, 0.2) is 0 Å². The second-order valence-corrected chi connectivity index (χ2v) is 20.8. The smallest absolute Gasteiger partial charge is 0.0669 e. The third kappa shape index (κ3) is 9.15. The van der Waals surface area contributed by atoms with E-state index < -0.39 is 0 Å². The van der Waals surface area contributed by atoms with Gasteiger partial charge in [-0.05, 0) is 82.8 Å². The molecule has 1 fully saturated rings. The molecule has 2 unspecified atom stereocenters. The van der Waals surface area contributed by atoms with Crippen LogP contribution in [0.1, 0.15) is 75.2 Å². The van der Waals surface area contributed by atoms with Crippen LogP contribution in [0, 0.1) is 11.3 Å². The zero-order valence-electron chi connectivity index (χ0n) is 29.5. The number of hydrogen-bond acceptors (Lipinski definition) is 3. The third-order valence-electron chi connectivity index (χ3n) is 8.76. The largest absolute Gasteiger partial charge is 0.335 e. The monoisotopic (exact) mass is 703 g/mol. The lowest BCUT2D eigenvalue weighted by molar-refractivity contribution is 0.175. The summed E-state index contributed by atoms with van der Waals surface area (Å²) in [5.74, 6) is 0.464. The van der Waals surface area contributed by atoms with Crippen molar-refractivity contribution in [3.8, 4) is 22.3 Å². The van der Waals surface area contributed by atoms with Crippen molar-refractivity contribution in [3.05, 3.63) is 97.1 Å². The number of rotatable bonds is 7. The molecule has 0 bridgehead atoms. The molecule has 4 aromatic carbocycles. The quantitative estimate of drug-likeness (QED) is 0.139. The highest BCUT2D eigenvalue weighted by Crippen LogP contribution is 2.47. The normalized spacial score (nSPS) is 20.7. The van der Waals surface area contributed by atoms with Crippen molar-refractivity contribution in [2.75, 3.05) is 4.90 Å². The molecule has 0 N–H and O–H groups in total. The summed E-state index contributed by atoms with van der Waals surface area (Å²) in [6.45, 7) is 20.6. The Morgan fingerprint density at radius 1 is 0.553 bits per heavy atom. The van der Waals surface area contributed by atoms with Crippen molar-refractivity contribution in [1.82, 2.24) is 0 Å². The number of benzene rings is 4. The molecule has 1 nitrogen and oxygen atoms in total. The Labute approximate surface area is 303 Å². The van der Waals surface area contributed by atoms with Gasteiger partial charge in [0.1, 0.15) is 0 Å².